The third-order valence-corrected chi connectivity index (χ3v) is 7.40. The number of hydrogen-bond acceptors (Lipinski definition) is 4. The van der Waals surface area contributed by atoms with Gasteiger partial charge in [0, 0.05) is 5.02 Å². The van der Waals surface area contributed by atoms with Crippen LogP contribution in [0, 0.1) is 18.4 Å². The number of halogens is 1. The second kappa shape index (κ2) is 8.97. The molecule has 0 aliphatic rings. The molecular formula is C24H29ClN4O2SSi. The van der Waals surface area contributed by atoms with Crippen LogP contribution in [0.2, 0.25) is 24.7 Å². The number of benzene rings is 2. The number of aromatic nitrogens is 3. The first-order valence-corrected chi connectivity index (χ1v) is 15.9. The predicted octanol–water partition coefficient (Wildman–Crippen LogP) is 5.56. The standard InChI is InChI=1S/C24H29ClN4O2SSi/c1-17-21(14-15-33(5,6)7)26-28-29(17)23-16-19(25)10-13-22(23)27-32(30,31)20-11-8-18(9-12-20)24(2,3)4/h8-13,16,27H,1-7H3. The van der Waals surface area contributed by atoms with Gasteiger partial charge in [0.1, 0.15) is 8.07 Å². The maximum absolute atomic E-state index is 13.1. The lowest BCUT2D eigenvalue weighted by atomic mass is 9.87. The van der Waals surface area contributed by atoms with E-state index in [0.29, 0.717) is 27.8 Å². The molecule has 0 atom stereocenters. The van der Waals surface area contributed by atoms with E-state index in [1.54, 1.807) is 35.0 Å². The smallest absolute Gasteiger partial charge is 0.261 e. The molecule has 0 amide bonds. The van der Waals surface area contributed by atoms with Crippen LogP contribution in [0.4, 0.5) is 5.69 Å². The summed E-state index contributed by atoms with van der Waals surface area (Å²) in [5.41, 5.74) is 6.35. The van der Waals surface area contributed by atoms with E-state index < -0.39 is 18.1 Å². The molecule has 33 heavy (non-hydrogen) atoms. The third-order valence-electron chi connectivity index (χ3n) is 4.91. The monoisotopic (exact) mass is 500 g/mol. The van der Waals surface area contributed by atoms with Crippen molar-refractivity contribution in [1.82, 2.24) is 15.0 Å². The molecular weight excluding hydrogens is 472 g/mol. The Morgan fingerprint density at radius 3 is 2.27 bits per heavy atom. The van der Waals surface area contributed by atoms with Crippen molar-refractivity contribution < 1.29 is 8.42 Å². The van der Waals surface area contributed by atoms with Gasteiger partial charge in [-0.05, 0) is 48.2 Å². The van der Waals surface area contributed by atoms with Gasteiger partial charge in [-0.2, -0.15) is 0 Å². The van der Waals surface area contributed by atoms with Crippen molar-refractivity contribution in [2.45, 2.75) is 57.6 Å². The maximum atomic E-state index is 13.1. The van der Waals surface area contributed by atoms with Crippen LogP contribution in [-0.2, 0) is 15.4 Å². The highest BCUT2D eigenvalue weighted by atomic mass is 35.5. The minimum atomic E-state index is -3.83. The summed E-state index contributed by atoms with van der Waals surface area (Å²) < 4.78 is 30.5. The lowest BCUT2D eigenvalue weighted by Crippen LogP contribution is -2.16. The molecule has 174 valence electrons. The van der Waals surface area contributed by atoms with Gasteiger partial charge in [-0.25, -0.2) is 13.1 Å². The van der Waals surface area contributed by atoms with Gasteiger partial charge in [0.15, 0.2) is 5.69 Å². The molecule has 1 aromatic heterocycles. The number of hydrogen-bond donors (Lipinski definition) is 1. The number of sulfonamides is 1. The molecule has 0 aliphatic heterocycles. The Morgan fingerprint density at radius 2 is 1.70 bits per heavy atom. The highest BCUT2D eigenvalue weighted by molar-refractivity contribution is 7.92. The first kappa shape index (κ1) is 25.0. The summed E-state index contributed by atoms with van der Waals surface area (Å²) in [6, 6.07) is 11.8. The van der Waals surface area contributed by atoms with Crippen LogP contribution in [0.25, 0.3) is 5.69 Å². The van der Waals surface area contributed by atoms with Crippen LogP contribution in [0.1, 0.15) is 37.7 Å². The number of nitrogens with one attached hydrogen (secondary N) is 1. The third kappa shape index (κ3) is 6.05. The van der Waals surface area contributed by atoms with Crippen molar-refractivity contribution in [3.63, 3.8) is 0 Å². The average molecular weight is 501 g/mol. The van der Waals surface area contributed by atoms with Crippen molar-refractivity contribution >= 4 is 35.4 Å². The number of nitrogens with zero attached hydrogens (tertiary/aromatic N) is 3. The molecule has 0 aliphatic carbocycles. The Balaban J connectivity index is 2.00. The van der Waals surface area contributed by atoms with E-state index in [1.165, 1.54) is 0 Å². The van der Waals surface area contributed by atoms with Gasteiger partial charge in [0.2, 0.25) is 0 Å². The van der Waals surface area contributed by atoms with E-state index in [1.807, 2.05) is 19.1 Å². The zero-order valence-electron chi connectivity index (χ0n) is 20.0. The van der Waals surface area contributed by atoms with E-state index in [4.69, 9.17) is 11.6 Å². The van der Waals surface area contributed by atoms with Crippen molar-refractivity contribution in [2.75, 3.05) is 4.72 Å². The quantitative estimate of drug-likeness (QED) is 0.376. The van der Waals surface area contributed by atoms with Gasteiger partial charge < -0.3 is 0 Å². The van der Waals surface area contributed by atoms with Crippen LogP contribution in [0.3, 0.4) is 0 Å². The summed E-state index contributed by atoms with van der Waals surface area (Å²) >= 11 is 6.23. The molecule has 0 radical (unpaired) electrons. The fraction of sp³-hybridized carbons (Fsp3) is 0.333. The Kier molecular flexibility index (Phi) is 6.81. The maximum Gasteiger partial charge on any atom is 0.261 e. The van der Waals surface area contributed by atoms with Crippen molar-refractivity contribution in [2.24, 2.45) is 0 Å². The van der Waals surface area contributed by atoms with Crippen molar-refractivity contribution in [3.8, 4) is 17.2 Å². The molecule has 0 saturated heterocycles. The van der Waals surface area contributed by atoms with E-state index >= 15 is 0 Å². The highest BCUT2D eigenvalue weighted by Crippen LogP contribution is 2.29. The summed E-state index contributed by atoms with van der Waals surface area (Å²) in [7, 11) is -5.42. The van der Waals surface area contributed by atoms with Crippen molar-refractivity contribution in [3.05, 3.63) is 64.4 Å². The normalized spacial score (nSPS) is 12.2. The molecule has 3 rings (SSSR count). The van der Waals surface area contributed by atoms with E-state index in [2.05, 4.69) is 66.9 Å². The molecule has 6 nitrogen and oxygen atoms in total. The summed E-state index contributed by atoms with van der Waals surface area (Å²) in [5, 5.41) is 8.86. The van der Waals surface area contributed by atoms with E-state index in [-0.39, 0.29) is 10.3 Å². The molecule has 1 heterocycles. The van der Waals surface area contributed by atoms with Gasteiger partial charge in [-0.15, -0.1) is 10.6 Å². The minimum absolute atomic E-state index is 0.0697. The summed E-state index contributed by atoms with van der Waals surface area (Å²) in [6.07, 6.45) is 0. The second-order valence-corrected chi connectivity index (χ2v) is 16.8. The molecule has 0 bridgehead atoms. The van der Waals surface area contributed by atoms with Gasteiger partial charge in [-0.3, -0.25) is 4.72 Å². The van der Waals surface area contributed by atoms with Gasteiger partial charge in [0.05, 0.1) is 22.0 Å². The van der Waals surface area contributed by atoms with Crippen LogP contribution < -0.4 is 4.72 Å². The van der Waals surface area contributed by atoms with E-state index in [9.17, 15) is 8.42 Å². The number of rotatable bonds is 4. The first-order chi connectivity index (χ1) is 15.2. The lowest BCUT2D eigenvalue weighted by molar-refractivity contribution is 0.587. The Hall–Kier alpha value is -2.60. The minimum Gasteiger partial charge on any atom is -0.277 e. The number of anilines is 1. The molecule has 2 aromatic carbocycles. The largest absolute Gasteiger partial charge is 0.277 e. The average Bonchev–Trinajstić information content (AvgIpc) is 3.07. The van der Waals surface area contributed by atoms with Crippen LogP contribution in [0.15, 0.2) is 47.4 Å². The fourth-order valence-electron chi connectivity index (χ4n) is 3.02. The predicted molar refractivity (Wildman–Crippen MR) is 137 cm³/mol. The zero-order valence-corrected chi connectivity index (χ0v) is 22.6. The van der Waals surface area contributed by atoms with Crippen LogP contribution in [-0.4, -0.2) is 31.5 Å². The van der Waals surface area contributed by atoms with Crippen LogP contribution >= 0.6 is 11.6 Å². The molecule has 0 unspecified atom stereocenters. The van der Waals surface area contributed by atoms with Crippen molar-refractivity contribution in [1.29, 1.82) is 0 Å². The SMILES string of the molecule is Cc1c(C#C[Si](C)(C)C)nnn1-c1cc(Cl)ccc1NS(=O)(=O)c1ccc(C(C)(C)C)cc1. The van der Waals surface area contributed by atoms with E-state index in [0.717, 1.165) is 5.56 Å². The summed E-state index contributed by atoms with van der Waals surface area (Å²) in [4.78, 5) is 0.174. The zero-order chi connectivity index (χ0) is 24.6. The van der Waals surface area contributed by atoms with Gasteiger partial charge in [0.25, 0.3) is 10.0 Å². The fourth-order valence-corrected chi connectivity index (χ4v) is 4.76. The molecule has 0 fully saturated rings. The Labute approximate surface area is 202 Å². The molecule has 0 saturated carbocycles. The summed E-state index contributed by atoms with van der Waals surface area (Å²) in [5.74, 6) is 3.11. The lowest BCUT2D eigenvalue weighted by Gasteiger charge is -2.19. The Bertz CT molecular complexity index is 1340. The molecule has 3 aromatic rings. The topological polar surface area (TPSA) is 76.9 Å². The second-order valence-electron chi connectivity index (χ2n) is 9.98. The summed E-state index contributed by atoms with van der Waals surface area (Å²) in [6.45, 7) is 14.5. The highest BCUT2D eigenvalue weighted by Gasteiger charge is 2.21. The van der Waals surface area contributed by atoms with Gasteiger partial charge >= 0.3 is 0 Å². The molecule has 1 N–H and O–H groups in total. The molecule has 0 spiro atoms. The Morgan fingerprint density at radius 1 is 1.06 bits per heavy atom. The molecule has 9 heteroatoms. The first-order valence-electron chi connectivity index (χ1n) is 10.6. The van der Waals surface area contributed by atoms with Gasteiger partial charge in [-0.1, -0.05) is 75.3 Å². The van der Waals surface area contributed by atoms with Crippen LogP contribution in [0.5, 0.6) is 0 Å².